The lowest BCUT2D eigenvalue weighted by molar-refractivity contribution is -0.152. The first-order valence-electron chi connectivity index (χ1n) is 18.9. The zero-order valence-corrected chi connectivity index (χ0v) is 32.8. The van der Waals surface area contributed by atoms with Gasteiger partial charge in [0.2, 0.25) is 0 Å². The smallest absolute Gasteiger partial charge is 0.313 e. The quantitative estimate of drug-likeness (QED) is 0.0729. The summed E-state index contributed by atoms with van der Waals surface area (Å²) < 4.78 is 6.03. The Balaban J connectivity index is 1.26. The number of esters is 1. The number of carboxylic acids is 1. The maximum atomic E-state index is 13.8. The Hall–Kier alpha value is -6.42. The fourth-order valence-electron chi connectivity index (χ4n) is 7.42. The van der Waals surface area contributed by atoms with Crippen molar-refractivity contribution in [1.29, 1.82) is 0 Å². The molecule has 10 nitrogen and oxygen atoms in total. The molecule has 1 aliphatic rings. The van der Waals surface area contributed by atoms with Gasteiger partial charge < -0.3 is 19.6 Å². The molecular formula is C47H48N2O8. The SMILES string of the molecule is C=CC(=O)c1ccccc1-c1ccc(C(=O)N(C)CC2CCC(OC(=O)C(C)c3cc(-c4ccccc4C(=O)C=C)ccc3C(=O)N(C)C)CC2)c(CC(=O)O)c1. The number of carboxylic acid groups (broad SMARTS) is 1. The molecule has 1 N–H and O–H groups in total. The van der Waals surface area contributed by atoms with E-state index in [0.29, 0.717) is 82.3 Å². The maximum absolute atomic E-state index is 13.8. The second-order valence-corrected chi connectivity index (χ2v) is 14.7. The Morgan fingerprint density at radius 3 is 1.77 bits per heavy atom. The Morgan fingerprint density at radius 2 is 1.25 bits per heavy atom. The van der Waals surface area contributed by atoms with E-state index in [1.165, 1.54) is 17.1 Å². The van der Waals surface area contributed by atoms with Gasteiger partial charge in [-0.1, -0.05) is 73.8 Å². The van der Waals surface area contributed by atoms with E-state index < -0.39 is 17.9 Å². The molecule has 1 atom stereocenters. The number of ketones is 2. The normalized spacial score (nSPS) is 15.4. The lowest BCUT2D eigenvalue weighted by Crippen LogP contribution is -2.35. The molecule has 0 bridgehead atoms. The molecule has 1 unspecified atom stereocenters. The number of nitrogens with zero attached hydrogens (tertiary/aromatic N) is 2. The van der Waals surface area contributed by atoms with Crippen molar-refractivity contribution in [3.63, 3.8) is 0 Å². The average molecular weight is 769 g/mol. The fourth-order valence-corrected chi connectivity index (χ4v) is 7.42. The van der Waals surface area contributed by atoms with Gasteiger partial charge in [0.25, 0.3) is 11.8 Å². The Labute approximate surface area is 333 Å². The van der Waals surface area contributed by atoms with E-state index in [1.54, 1.807) is 106 Å². The van der Waals surface area contributed by atoms with E-state index in [2.05, 4.69) is 13.2 Å². The molecule has 0 radical (unpaired) electrons. The van der Waals surface area contributed by atoms with Crippen LogP contribution in [0.25, 0.3) is 22.3 Å². The predicted octanol–water partition coefficient (Wildman–Crippen LogP) is 8.06. The first-order valence-corrected chi connectivity index (χ1v) is 18.9. The number of carbonyl (C=O) groups excluding carboxylic acids is 5. The molecule has 0 saturated heterocycles. The molecular weight excluding hydrogens is 721 g/mol. The molecule has 0 aromatic heterocycles. The summed E-state index contributed by atoms with van der Waals surface area (Å²) in [5.74, 6) is -3.27. The standard InChI is InChI=1S/C47H48N2O8/c1-7-42(50)38-15-11-9-13-35(38)31-19-23-37(33(25-31)27-44(52)53)46(55)49(6)28-30-17-21-34(22-18-30)57-47(56)29(3)41-26-32(20-24-40(41)45(54)48(4)5)36-14-10-12-16-39(36)43(51)8-2/h7-16,19-20,23-26,29-30,34H,1-2,17-18,21-22,27-28H2,3-6H3,(H,52,53). The van der Waals surface area contributed by atoms with E-state index in [0.717, 1.165) is 0 Å². The van der Waals surface area contributed by atoms with Crippen molar-refractivity contribution >= 4 is 35.3 Å². The summed E-state index contributed by atoms with van der Waals surface area (Å²) >= 11 is 0. The highest BCUT2D eigenvalue weighted by atomic mass is 16.5. The van der Waals surface area contributed by atoms with Gasteiger partial charge in [0.05, 0.1) is 12.3 Å². The summed E-state index contributed by atoms with van der Waals surface area (Å²) in [7, 11) is 4.98. The third-order valence-corrected chi connectivity index (χ3v) is 10.5. The van der Waals surface area contributed by atoms with Crippen LogP contribution in [0.1, 0.15) is 91.1 Å². The summed E-state index contributed by atoms with van der Waals surface area (Å²) in [4.78, 5) is 80.7. The van der Waals surface area contributed by atoms with Crippen LogP contribution in [0.5, 0.6) is 0 Å². The number of ether oxygens (including phenoxy) is 1. The van der Waals surface area contributed by atoms with Crippen molar-refractivity contribution in [2.45, 2.75) is 51.0 Å². The number of hydrogen-bond donors (Lipinski definition) is 1. The third-order valence-electron chi connectivity index (χ3n) is 10.5. The van der Waals surface area contributed by atoms with E-state index in [-0.39, 0.29) is 47.4 Å². The number of aliphatic carboxylic acids is 1. The highest BCUT2D eigenvalue weighted by Gasteiger charge is 2.31. The molecule has 2 amide bonds. The highest BCUT2D eigenvalue weighted by molar-refractivity contribution is 6.10. The number of benzene rings is 4. The maximum Gasteiger partial charge on any atom is 0.313 e. The van der Waals surface area contributed by atoms with E-state index >= 15 is 0 Å². The van der Waals surface area contributed by atoms with Crippen molar-refractivity contribution in [2.24, 2.45) is 5.92 Å². The zero-order valence-electron chi connectivity index (χ0n) is 32.8. The van der Waals surface area contributed by atoms with Crippen molar-refractivity contribution in [2.75, 3.05) is 27.7 Å². The molecule has 4 aromatic rings. The van der Waals surface area contributed by atoms with Gasteiger partial charge in [0.15, 0.2) is 11.6 Å². The molecule has 1 saturated carbocycles. The number of hydrogen-bond acceptors (Lipinski definition) is 7. The lowest BCUT2D eigenvalue weighted by atomic mass is 9.86. The first-order chi connectivity index (χ1) is 27.2. The van der Waals surface area contributed by atoms with Gasteiger partial charge in [-0.15, -0.1) is 0 Å². The van der Waals surface area contributed by atoms with Crippen molar-refractivity contribution in [3.05, 3.63) is 144 Å². The van der Waals surface area contributed by atoms with Crippen molar-refractivity contribution in [3.8, 4) is 22.3 Å². The van der Waals surface area contributed by atoms with E-state index in [9.17, 15) is 33.9 Å². The van der Waals surface area contributed by atoms with Crippen LogP contribution in [0.2, 0.25) is 0 Å². The second kappa shape index (κ2) is 18.5. The lowest BCUT2D eigenvalue weighted by Gasteiger charge is -2.32. The molecule has 294 valence electrons. The third kappa shape index (κ3) is 9.70. The first kappa shape index (κ1) is 41.7. The molecule has 4 aromatic carbocycles. The summed E-state index contributed by atoms with van der Waals surface area (Å²) in [6.07, 6.45) is 4.35. The molecule has 57 heavy (non-hydrogen) atoms. The van der Waals surface area contributed by atoms with Crippen LogP contribution in [-0.4, -0.2) is 84.0 Å². The summed E-state index contributed by atoms with van der Waals surface area (Å²) in [6.45, 7) is 9.34. The minimum Gasteiger partial charge on any atom is -0.481 e. The largest absolute Gasteiger partial charge is 0.481 e. The van der Waals surface area contributed by atoms with Crippen LogP contribution in [0.3, 0.4) is 0 Å². The van der Waals surface area contributed by atoms with Crippen LogP contribution in [0.15, 0.2) is 110 Å². The Kier molecular flexibility index (Phi) is 13.5. The van der Waals surface area contributed by atoms with Gasteiger partial charge in [-0.05, 0) is 108 Å². The Bertz CT molecular complexity index is 2230. The van der Waals surface area contributed by atoms with E-state index in [1.807, 2.05) is 12.1 Å². The zero-order chi connectivity index (χ0) is 41.4. The topological polar surface area (TPSA) is 138 Å². The molecule has 1 aliphatic carbocycles. The molecule has 0 heterocycles. The summed E-state index contributed by atoms with van der Waals surface area (Å²) in [5.41, 5.74) is 4.96. The minimum atomic E-state index is -1.08. The van der Waals surface area contributed by atoms with Crippen LogP contribution >= 0.6 is 0 Å². The Morgan fingerprint density at radius 1 is 0.719 bits per heavy atom. The van der Waals surface area contributed by atoms with Gasteiger partial charge in [-0.2, -0.15) is 0 Å². The summed E-state index contributed by atoms with van der Waals surface area (Å²) in [5, 5.41) is 9.70. The van der Waals surface area contributed by atoms with Gasteiger partial charge in [0.1, 0.15) is 6.10 Å². The van der Waals surface area contributed by atoms with Gasteiger partial charge in [0, 0.05) is 49.9 Å². The molecule has 1 fully saturated rings. The minimum absolute atomic E-state index is 0.129. The van der Waals surface area contributed by atoms with Crippen molar-refractivity contribution in [1.82, 2.24) is 9.80 Å². The van der Waals surface area contributed by atoms with Gasteiger partial charge in [-0.3, -0.25) is 28.8 Å². The van der Waals surface area contributed by atoms with Crippen LogP contribution < -0.4 is 0 Å². The predicted molar refractivity (Wildman–Crippen MR) is 219 cm³/mol. The molecule has 10 heteroatoms. The fraction of sp³-hybridized carbons (Fsp3) is 0.277. The number of carbonyl (C=O) groups is 6. The monoisotopic (exact) mass is 768 g/mol. The molecule has 5 rings (SSSR count). The van der Waals surface area contributed by atoms with Gasteiger partial charge >= 0.3 is 11.9 Å². The van der Waals surface area contributed by atoms with Crippen LogP contribution in [0.4, 0.5) is 0 Å². The average Bonchev–Trinajstić information content (AvgIpc) is 3.22. The summed E-state index contributed by atoms with van der Waals surface area (Å²) in [6, 6.07) is 24.3. The highest BCUT2D eigenvalue weighted by Crippen LogP contribution is 2.34. The van der Waals surface area contributed by atoms with Crippen molar-refractivity contribution < 1.29 is 38.6 Å². The number of amides is 2. The second-order valence-electron chi connectivity index (χ2n) is 14.7. The van der Waals surface area contributed by atoms with Gasteiger partial charge in [-0.25, -0.2) is 0 Å². The number of allylic oxidation sites excluding steroid dienone is 2. The van der Waals surface area contributed by atoms with Crippen LogP contribution in [-0.2, 0) is 20.7 Å². The molecule has 0 aliphatic heterocycles. The van der Waals surface area contributed by atoms with Crippen LogP contribution in [0, 0.1) is 5.92 Å². The molecule has 0 spiro atoms. The number of rotatable bonds is 15. The van der Waals surface area contributed by atoms with E-state index in [4.69, 9.17) is 4.74 Å².